The lowest BCUT2D eigenvalue weighted by atomic mass is 9.97. The second-order valence-corrected chi connectivity index (χ2v) is 16.0. The van der Waals surface area contributed by atoms with Gasteiger partial charge < -0.3 is 53.8 Å². The van der Waals surface area contributed by atoms with Crippen molar-refractivity contribution in [3.8, 4) is 0 Å². The molecule has 0 spiro atoms. The summed E-state index contributed by atoms with van der Waals surface area (Å²) in [5.41, 5.74) is 18.3. The van der Waals surface area contributed by atoms with Crippen LogP contribution in [-0.4, -0.2) is 125 Å². The molecule has 12 N–H and O–H groups in total. The summed E-state index contributed by atoms with van der Waals surface area (Å²) >= 11 is 0. The zero-order chi connectivity index (χ0) is 40.8. The van der Waals surface area contributed by atoms with Crippen molar-refractivity contribution >= 4 is 80.4 Å². The number of allylic oxidation sites excluding steroid dienone is 1. The van der Waals surface area contributed by atoms with Crippen LogP contribution in [0.25, 0.3) is 5.57 Å². The molecule has 21 heteroatoms. The standard InChI is InChI=1S/C35H48N10O9S2/c36-30(50)24-18-56-55-15-12-26(46)41-22(8-3-4-13-39-35(37)38)31(51)40-17-27(47)42-23(16-28(48)49)32(52)44-29(21-11-10-19-6-1-2-7-20(19)21)34(54)45-14-5-9-25(45)33(53)43-24/h1-2,6-7,11,22-25,29H,3-5,8-10,12-18H2,(H2,36,50)(H,40,51)(H,41,46)(H,42,47)(H,43,53)(H,44,52)(H,48,49)(H4,37,38,39). The highest BCUT2D eigenvalue weighted by Crippen LogP contribution is 2.32. The summed E-state index contributed by atoms with van der Waals surface area (Å²) in [6, 6.07) is 0.972. The van der Waals surface area contributed by atoms with E-state index in [1.165, 1.54) is 26.5 Å². The molecule has 0 aromatic heterocycles. The minimum Gasteiger partial charge on any atom is -0.481 e. The maximum Gasteiger partial charge on any atom is 0.305 e. The zero-order valence-corrected chi connectivity index (χ0v) is 32.3. The third kappa shape index (κ3) is 12.6. The Morgan fingerprint density at radius 2 is 1.64 bits per heavy atom. The zero-order valence-electron chi connectivity index (χ0n) is 30.6. The average Bonchev–Trinajstić information content (AvgIpc) is 3.81. The molecule has 2 saturated heterocycles. The highest BCUT2D eigenvalue weighted by atomic mass is 33.1. The Bertz CT molecular complexity index is 1740. The Morgan fingerprint density at radius 1 is 0.893 bits per heavy atom. The van der Waals surface area contributed by atoms with Gasteiger partial charge in [0.2, 0.25) is 41.4 Å². The van der Waals surface area contributed by atoms with E-state index in [-0.39, 0.29) is 49.8 Å². The van der Waals surface area contributed by atoms with Crippen molar-refractivity contribution in [1.82, 2.24) is 31.5 Å². The molecular formula is C35H48N10O9S2. The number of carbonyl (C=O) groups excluding carboxylic acids is 7. The van der Waals surface area contributed by atoms with Crippen molar-refractivity contribution in [3.63, 3.8) is 0 Å². The Labute approximate surface area is 330 Å². The van der Waals surface area contributed by atoms with Gasteiger partial charge >= 0.3 is 5.97 Å². The minimum absolute atomic E-state index is 0.0171. The van der Waals surface area contributed by atoms with Gasteiger partial charge in [-0.15, -0.1) is 0 Å². The van der Waals surface area contributed by atoms with Gasteiger partial charge in [0.25, 0.3) is 0 Å². The normalized spacial score (nSPS) is 24.6. The molecule has 0 saturated carbocycles. The molecular weight excluding hydrogens is 769 g/mol. The lowest BCUT2D eigenvalue weighted by Gasteiger charge is -2.31. The molecule has 2 fully saturated rings. The van der Waals surface area contributed by atoms with Crippen LogP contribution in [0.4, 0.5) is 0 Å². The molecule has 3 aliphatic rings. The Balaban J connectivity index is 1.62. The quantitative estimate of drug-likeness (QED) is 0.0557. The third-order valence-electron chi connectivity index (χ3n) is 9.24. The van der Waals surface area contributed by atoms with Crippen molar-refractivity contribution in [3.05, 3.63) is 41.5 Å². The first-order valence-corrected chi connectivity index (χ1v) is 20.6. The summed E-state index contributed by atoms with van der Waals surface area (Å²) in [7, 11) is 2.45. The number of hydrogen-bond donors (Lipinski definition) is 9. The first kappa shape index (κ1) is 43.4. The summed E-state index contributed by atoms with van der Waals surface area (Å²) < 4.78 is 0. The predicted molar refractivity (Wildman–Crippen MR) is 209 cm³/mol. The monoisotopic (exact) mass is 816 g/mol. The number of carboxylic acids is 1. The van der Waals surface area contributed by atoms with E-state index in [1.54, 1.807) is 18.2 Å². The summed E-state index contributed by atoms with van der Waals surface area (Å²) in [4.78, 5) is 111. The molecule has 1 aromatic rings. The van der Waals surface area contributed by atoms with Gasteiger partial charge in [-0.3, -0.25) is 43.3 Å². The van der Waals surface area contributed by atoms with E-state index in [2.05, 4.69) is 31.6 Å². The number of hydrogen-bond acceptors (Lipinski definition) is 11. The molecule has 7 amide bonds. The molecule has 304 valence electrons. The molecule has 4 rings (SSSR count). The van der Waals surface area contributed by atoms with Gasteiger partial charge in [0, 0.05) is 31.0 Å². The number of amides is 7. The summed E-state index contributed by atoms with van der Waals surface area (Å²) in [5.74, 6) is -6.33. The van der Waals surface area contributed by atoms with Crippen molar-refractivity contribution in [2.45, 2.75) is 81.6 Å². The van der Waals surface area contributed by atoms with Crippen molar-refractivity contribution in [2.75, 3.05) is 31.1 Å². The number of unbranched alkanes of at least 4 members (excludes halogenated alkanes) is 1. The number of primary amides is 1. The van der Waals surface area contributed by atoms with Gasteiger partial charge in [-0.05, 0) is 55.2 Å². The van der Waals surface area contributed by atoms with Crippen LogP contribution in [0.1, 0.15) is 56.1 Å². The van der Waals surface area contributed by atoms with Crippen molar-refractivity contribution in [1.29, 1.82) is 0 Å². The van der Waals surface area contributed by atoms with Gasteiger partial charge in [0.15, 0.2) is 5.96 Å². The lowest BCUT2D eigenvalue weighted by Crippen LogP contribution is -2.58. The van der Waals surface area contributed by atoms with Crippen LogP contribution in [0.5, 0.6) is 0 Å². The summed E-state index contributed by atoms with van der Waals surface area (Å²) in [6.45, 7) is -0.227. The number of fused-ring (bicyclic) bond motifs is 2. The number of rotatable bonds is 9. The first-order valence-electron chi connectivity index (χ1n) is 18.1. The van der Waals surface area contributed by atoms with E-state index in [4.69, 9.17) is 17.2 Å². The van der Waals surface area contributed by atoms with Gasteiger partial charge in [0.05, 0.1) is 13.0 Å². The number of benzene rings is 1. The molecule has 0 bridgehead atoms. The van der Waals surface area contributed by atoms with Gasteiger partial charge in [0.1, 0.15) is 30.2 Å². The summed E-state index contributed by atoms with van der Waals surface area (Å²) in [6.07, 6.45) is 3.10. The van der Waals surface area contributed by atoms with E-state index in [0.717, 1.165) is 5.56 Å². The highest BCUT2D eigenvalue weighted by molar-refractivity contribution is 8.76. The second kappa shape index (κ2) is 21.1. The number of nitrogens with one attached hydrogen (secondary N) is 5. The maximum atomic E-state index is 14.4. The van der Waals surface area contributed by atoms with E-state index < -0.39 is 90.5 Å². The van der Waals surface area contributed by atoms with Crippen LogP contribution in [0.2, 0.25) is 0 Å². The molecule has 5 atom stereocenters. The topological polar surface area (TPSA) is 311 Å². The van der Waals surface area contributed by atoms with E-state index in [9.17, 15) is 43.5 Å². The first-order chi connectivity index (χ1) is 26.7. The predicted octanol–water partition coefficient (Wildman–Crippen LogP) is -2.14. The lowest BCUT2D eigenvalue weighted by molar-refractivity contribution is -0.142. The Hall–Kier alpha value is -5.31. The fourth-order valence-corrected chi connectivity index (χ4v) is 8.63. The number of carbonyl (C=O) groups is 8. The molecule has 0 radical (unpaired) electrons. The molecule has 2 heterocycles. The smallest absolute Gasteiger partial charge is 0.305 e. The van der Waals surface area contributed by atoms with Gasteiger partial charge in [-0.2, -0.15) is 0 Å². The van der Waals surface area contributed by atoms with Crippen molar-refractivity contribution < 1.29 is 43.5 Å². The van der Waals surface area contributed by atoms with E-state index >= 15 is 0 Å². The Morgan fingerprint density at radius 3 is 2.38 bits per heavy atom. The fraction of sp³-hybridized carbons (Fsp3) is 0.514. The number of aliphatic carboxylic acids is 1. The second-order valence-electron chi connectivity index (χ2n) is 13.3. The molecule has 19 nitrogen and oxygen atoms in total. The van der Waals surface area contributed by atoms with Crippen LogP contribution < -0.4 is 43.8 Å². The SMILES string of the molecule is NC(=O)C1CSSCCC(=O)NC(CCCCN=C(N)N)C(=O)NCC(=O)NC(CC(=O)O)C(=O)NC(C2=CCc3ccccc32)C(=O)N2CCCC2C(=O)N1. The van der Waals surface area contributed by atoms with E-state index in [1.807, 2.05) is 12.1 Å². The maximum absolute atomic E-state index is 14.4. The van der Waals surface area contributed by atoms with Crippen molar-refractivity contribution in [2.24, 2.45) is 22.2 Å². The molecule has 1 aliphatic carbocycles. The molecule has 1 aromatic carbocycles. The Kier molecular flexibility index (Phi) is 16.4. The minimum atomic E-state index is -1.68. The largest absolute Gasteiger partial charge is 0.481 e. The van der Waals surface area contributed by atoms with Crippen LogP contribution in [0, 0.1) is 0 Å². The van der Waals surface area contributed by atoms with Gasteiger partial charge in [-0.25, -0.2) is 0 Å². The van der Waals surface area contributed by atoms with Crippen LogP contribution in [-0.2, 0) is 44.8 Å². The van der Waals surface area contributed by atoms with Crippen LogP contribution in [0.15, 0.2) is 35.3 Å². The van der Waals surface area contributed by atoms with Crippen LogP contribution >= 0.6 is 21.6 Å². The number of nitrogens with two attached hydrogens (primary N) is 3. The number of carboxylic acid groups (broad SMARTS) is 1. The highest BCUT2D eigenvalue weighted by Gasteiger charge is 2.41. The average molecular weight is 817 g/mol. The van der Waals surface area contributed by atoms with Gasteiger partial charge in [-0.1, -0.05) is 51.9 Å². The number of guanidine groups is 1. The molecule has 5 unspecified atom stereocenters. The van der Waals surface area contributed by atoms with Crippen LogP contribution in [0.3, 0.4) is 0 Å². The molecule has 56 heavy (non-hydrogen) atoms. The number of nitrogens with zero attached hydrogens (tertiary/aromatic N) is 2. The number of aliphatic imine (C=N–C) groups is 1. The third-order valence-corrected chi connectivity index (χ3v) is 11.7. The van der Waals surface area contributed by atoms with E-state index in [0.29, 0.717) is 36.8 Å². The molecule has 2 aliphatic heterocycles. The fourth-order valence-electron chi connectivity index (χ4n) is 6.46. The summed E-state index contributed by atoms with van der Waals surface area (Å²) in [5, 5.41) is 22.4.